The lowest BCUT2D eigenvalue weighted by molar-refractivity contribution is -0.137. The van der Waals surface area contributed by atoms with Gasteiger partial charge in [0.2, 0.25) is 0 Å². The largest absolute Gasteiger partial charge is 0.416 e. The molecule has 0 amide bonds. The van der Waals surface area contributed by atoms with E-state index in [2.05, 4.69) is 15.0 Å². The first-order valence-electron chi connectivity index (χ1n) is 8.20. The normalized spacial score (nSPS) is 12.2. The molecule has 0 N–H and O–H groups in total. The summed E-state index contributed by atoms with van der Waals surface area (Å²) >= 11 is 0. The average molecular weight is 425 g/mol. The minimum Gasteiger partial charge on any atom is -0.248 e. The Morgan fingerprint density at radius 2 is 1.03 bits per heavy atom. The Morgan fingerprint density at radius 3 is 1.37 bits per heavy atom. The van der Waals surface area contributed by atoms with Crippen LogP contribution in [0.5, 0.6) is 0 Å². The van der Waals surface area contributed by atoms with Gasteiger partial charge in [-0.05, 0) is 36.4 Å². The SMILES string of the molecule is Fc1cccc(F)c1N=Cc1cc(C(F)(F)F)cc(C=Nc2c(F)cccc2F)n1. The topological polar surface area (TPSA) is 37.6 Å². The molecule has 0 unspecified atom stereocenters. The molecule has 0 atom stereocenters. The van der Waals surface area contributed by atoms with Crippen molar-refractivity contribution in [1.82, 2.24) is 4.98 Å². The first-order valence-corrected chi connectivity index (χ1v) is 8.20. The first-order chi connectivity index (χ1) is 14.1. The molecule has 0 fully saturated rings. The molecule has 3 nitrogen and oxygen atoms in total. The quantitative estimate of drug-likeness (QED) is 0.365. The molecular formula is C20H10F7N3. The van der Waals surface area contributed by atoms with Crippen molar-refractivity contribution in [3.8, 4) is 0 Å². The number of pyridine rings is 1. The van der Waals surface area contributed by atoms with E-state index in [4.69, 9.17) is 0 Å². The summed E-state index contributed by atoms with van der Waals surface area (Å²) in [4.78, 5) is 10.8. The molecule has 3 aromatic rings. The second kappa shape index (κ2) is 8.44. The highest BCUT2D eigenvalue weighted by atomic mass is 19.4. The molecule has 154 valence electrons. The van der Waals surface area contributed by atoms with E-state index in [1.54, 1.807) is 0 Å². The molecule has 0 radical (unpaired) electrons. The van der Waals surface area contributed by atoms with Gasteiger partial charge in [0.15, 0.2) is 23.3 Å². The van der Waals surface area contributed by atoms with Gasteiger partial charge >= 0.3 is 6.18 Å². The molecule has 10 heteroatoms. The van der Waals surface area contributed by atoms with Crippen molar-refractivity contribution in [1.29, 1.82) is 0 Å². The van der Waals surface area contributed by atoms with E-state index in [1.165, 1.54) is 0 Å². The molecule has 0 spiro atoms. The zero-order valence-corrected chi connectivity index (χ0v) is 14.8. The van der Waals surface area contributed by atoms with Crippen LogP contribution < -0.4 is 0 Å². The van der Waals surface area contributed by atoms with Crippen LogP contribution in [-0.2, 0) is 6.18 Å². The van der Waals surface area contributed by atoms with Crippen LogP contribution in [0.1, 0.15) is 17.0 Å². The Labute approximate surface area is 165 Å². The summed E-state index contributed by atoms with van der Waals surface area (Å²) < 4.78 is 94.1. The van der Waals surface area contributed by atoms with Gasteiger partial charge in [0.25, 0.3) is 0 Å². The van der Waals surface area contributed by atoms with Crippen molar-refractivity contribution < 1.29 is 30.7 Å². The molecule has 2 aromatic carbocycles. The third-order valence-electron chi connectivity index (χ3n) is 3.72. The van der Waals surface area contributed by atoms with Gasteiger partial charge in [-0.1, -0.05) is 12.1 Å². The molecule has 3 rings (SSSR count). The molecule has 0 aliphatic rings. The van der Waals surface area contributed by atoms with Gasteiger partial charge in [0.1, 0.15) is 11.4 Å². The zero-order chi connectivity index (χ0) is 21.9. The number of para-hydroxylation sites is 2. The molecular weight excluding hydrogens is 415 g/mol. The molecule has 0 saturated heterocycles. The summed E-state index contributed by atoms with van der Waals surface area (Å²) in [6, 6.07) is 7.11. The van der Waals surface area contributed by atoms with Crippen molar-refractivity contribution in [3.63, 3.8) is 0 Å². The number of benzene rings is 2. The lowest BCUT2D eigenvalue weighted by Gasteiger charge is -2.08. The van der Waals surface area contributed by atoms with Crippen LogP contribution in [0.25, 0.3) is 0 Å². The Morgan fingerprint density at radius 1 is 0.667 bits per heavy atom. The zero-order valence-electron chi connectivity index (χ0n) is 14.8. The van der Waals surface area contributed by atoms with Crippen molar-refractivity contribution in [2.24, 2.45) is 9.98 Å². The maximum absolute atomic E-state index is 13.6. The van der Waals surface area contributed by atoms with Crippen LogP contribution in [0, 0.1) is 23.3 Å². The van der Waals surface area contributed by atoms with E-state index >= 15 is 0 Å². The highest BCUT2D eigenvalue weighted by Gasteiger charge is 2.31. The van der Waals surface area contributed by atoms with Gasteiger partial charge in [-0.15, -0.1) is 0 Å². The number of hydrogen-bond donors (Lipinski definition) is 0. The number of hydrogen-bond acceptors (Lipinski definition) is 3. The second-order valence-corrected chi connectivity index (χ2v) is 5.86. The predicted octanol–water partition coefficient (Wildman–Crippen LogP) is 6.16. The summed E-state index contributed by atoms with van der Waals surface area (Å²) in [5.41, 5.74) is -3.38. The van der Waals surface area contributed by atoms with Crippen LogP contribution in [0.2, 0.25) is 0 Å². The first kappa shape index (κ1) is 21.2. The summed E-state index contributed by atoms with van der Waals surface area (Å²) in [7, 11) is 0. The highest BCUT2D eigenvalue weighted by Crippen LogP contribution is 2.30. The second-order valence-electron chi connectivity index (χ2n) is 5.86. The van der Waals surface area contributed by atoms with E-state index in [9.17, 15) is 30.7 Å². The fourth-order valence-corrected chi connectivity index (χ4v) is 2.36. The van der Waals surface area contributed by atoms with Gasteiger partial charge < -0.3 is 0 Å². The standard InChI is InChI=1S/C20H10F7N3/c21-14-3-1-4-15(22)18(14)28-9-12-7-11(20(25,26)27)8-13(30-12)10-29-19-16(23)5-2-6-17(19)24/h1-10H. The van der Waals surface area contributed by atoms with Gasteiger partial charge in [-0.2, -0.15) is 13.2 Å². The van der Waals surface area contributed by atoms with Crippen LogP contribution in [0.4, 0.5) is 42.1 Å². The van der Waals surface area contributed by atoms with E-state index in [1.807, 2.05) is 0 Å². The Kier molecular flexibility index (Phi) is 5.95. The van der Waals surface area contributed by atoms with Crippen molar-refractivity contribution in [3.05, 3.63) is 88.8 Å². The minimum absolute atomic E-state index is 0.400. The lowest BCUT2D eigenvalue weighted by atomic mass is 10.2. The van der Waals surface area contributed by atoms with E-state index < -0.39 is 57.8 Å². The molecule has 0 saturated carbocycles. The number of nitrogens with zero attached hydrogens (tertiary/aromatic N) is 3. The summed E-state index contributed by atoms with van der Waals surface area (Å²) in [6.45, 7) is 0. The molecule has 0 aliphatic heterocycles. The summed E-state index contributed by atoms with van der Waals surface area (Å²) in [5, 5.41) is 0. The smallest absolute Gasteiger partial charge is 0.248 e. The van der Waals surface area contributed by atoms with Crippen molar-refractivity contribution in [2.45, 2.75) is 6.18 Å². The van der Waals surface area contributed by atoms with Crippen molar-refractivity contribution >= 4 is 23.8 Å². The Balaban J connectivity index is 2.03. The maximum Gasteiger partial charge on any atom is 0.416 e. The predicted molar refractivity (Wildman–Crippen MR) is 96.5 cm³/mol. The third-order valence-corrected chi connectivity index (χ3v) is 3.72. The van der Waals surface area contributed by atoms with Gasteiger partial charge in [0.05, 0.1) is 29.4 Å². The molecule has 1 heterocycles. The van der Waals surface area contributed by atoms with Crippen molar-refractivity contribution in [2.75, 3.05) is 0 Å². The van der Waals surface area contributed by atoms with Crippen LogP contribution in [0.15, 0.2) is 58.5 Å². The van der Waals surface area contributed by atoms with Crippen LogP contribution in [-0.4, -0.2) is 17.4 Å². The molecule has 0 bridgehead atoms. The molecule has 30 heavy (non-hydrogen) atoms. The van der Waals surface area contributed by atoms with Crippen LogP contribution >= 0.6 is 0 Å². The number of aromatic nitrogens is 1. The monoisotopic (exact) mass is 425 g/mol. The fraction of sp³-hybridized carbons (Fsp3) is 0.0500. The van der Waals surface area contributed by atoms with E-state index in [-0.39, 0.29) is 0 Å². The summed E-state index contributed by atoms with van der Waals surface area (Å²) in [6.07, 6.45) is -3.32. The molecule has 0 aliphatic carbocycles. The van der Waals surface area contributed by atoms with Gasteiger partial charge in [-0.25, -0.2) is 32.5 Å². The number of halogens is 7. The Bertz CT molecular complexity index is 1020. The van der Waals surface area contributed by atoms with E-state index in [0.29, 0.717) is 12.1 Å². The fourth-order valence-electron chi connectivity index (χ4n) is 2.36. The number of rotatable bonds is 4. The Hall–Kier alpha value is -3.56. The number of aliphatic imine (C=N–C) groups is 2. The third kappa shape index (κ3) is 4.88. The molecule has 1 aromatic heterocycles. The van der Waals surface area contributed by atoms with Gasteiger partial charge in [-0.3, -0.25) is 0 Å². The maximum atomic E-state index is 13.6. The van der Waals surface area contributed by atoms with Gasteiger partial charge in [0, 0.05) is 0 Å². The number of alkyl halides is 3. The van der Waals surface area contributed by atoms with E-state index in [0.717, 1.165) is 48.8 Å². The minimum atomic E-state index is -4.79. The highest BCUT2D eigenvalue weighted by molar-refractivity contribution is 5.84. The average Bonchev–Trinajstić information content (AvgIpc) is 2.66. The van der Waals surface area contributed by atoms with Crippen LogP contribution in [0.3, 0.4) is 0 Å². The summed E-state index contributed by atoms with van der Waals surface area (Å²) in [5.74, 6) is -4.07. The lowest BCUT2D eigenvalue weighted by Crippen LogP contribution is -2.08.